The van der Waals surface area contributed by atoms with Gasteiger partial charge in [-0.25, -0.2) is 4.99 Å². The highest BCUT2D eigenvalue weighted by Gasteiger charge is 2.40. The number of carbonyl (C=O) groups excluding carboxylic acids is 3. The second-order valence-corrected chi connectivity index (χ2v) is 11.0. The Labute approximate surface area is 257 Å². The molecule has 11 nitrogen and oxygen atoms in total. The van der Waals surface area contributed by atoms with Crippen molar-refractivity contribution in [3.05, 3.63) is 89.0 Å². The summed E-state index contributed by atoms with van der Waals surface area (Å²) < 4.78 is 10.5. The Bertz CT molecular complexity index is 1760. The molecule has 2 atom stereocenters. The normalized spacial score (nSPS) is 16.3. The van der Waals surface area contributed by atoms with Crippen LogP contribution < -0.4 is 20.5 Å². The van der Waals surface area contributed by atoms with E-state index in [0.717, 1.165) is 28.2 Å². The number of thioether (sulfide) groups is 1. The van der Waals surface area contributed by atoms with E-state index in [1.807, 2.05) is 42.5 Å². The van der Waals surface area contributed by atoms with Crippen LogP contribution in [0.5, 0.6) is 17.2 Å². The number of hydrogen-bond acceptors (Lipinski definition) is 8. The van der Waals surface area contributed by atoms with Crippen LogP contribution >= 0.6 is 11.8 Å². The molecule has 44 heavy (non-hydrogen) atoms. The molecule has 2 heterocycles. The SMILES string of the molecule is COc1cc(C=C2SC(=Nc3ccccc3)N(C(C)C(=O)N[C@@H](Cc3c[nH]c4ccccc34)C(N)=O)C2=O)cc(OC)c1O. The Kier molecular flexibility index (Phi) is 8.91. The summed E-state index contributed by atoms with van der Waals surface area (Å²) in [5.41, 5.74) is 8.53. The second kappa shape index (κ2) is 13.0. The zero-order valence-corrected chi connectivity index (χ0v) is 25.1. The maximum atomic E-state index is 13.8. The number of amides is 3. The Hall–Kier alpha value is -5.23. The van der Waals surface area contributed by atoms with Crippen molar-refractivity contribution >= 4 is 57.3 Å². The van der Waals surface area contributed by atoms with Crippen molar-refractivity contribution in [2.45, 2.75) is 25.4 Å². The molecule has 0 spiro atoms. The largest absolute Gasteiger partial charge is 0.502 e. The molecule has 1 aliphatic heterocycles. The number of nitrogens with one attached hydrogen (secondary N) is 2. The van der Waals surface area contributed by atoms with Gasteiger partial charge >= 0.3 is 0 Å². The smallest absolute Gasteiger partial charge is 0.267 e. The van der Waals surface area contributed by atoms with Crippen molar-refractivity contribution in [2.24, 2.45) is 10.7 Å². The van der Waals surface area contributed by atoms with E-state index in [2.05, 4.69) is 15.3 Å². The molecule has 5 rings (SSSR count). The third kappa shape index (κ3) is 6.25. The fourth-order valence-electron chi connectivity index (χ4n) is 4.82. The number of benzene rings is 3. The van der Waals surface area contributed by atoms with Gasteiger partial charge < -0.3 is 30.6 Å². The summed E-state index contributed by atoms with van der Waals surface area (Å²) in [4.78, 5) is 49.2. The number of aliphatic imine (C=N–C) groups is 1. The number of nitrogens with two attached hydrogens (primary N) is 1. The van der Waals surface area contributed by atoms with Crippen molar-refractivity contribution in [1.82, 2.24) is 15.2 Å². The minimum absolute atomic E-state index is 0.168. The van der Waals surface area contributed by atoms with Crippen molar-refractivity contribution in [2.75, 3.05) is 14.2 Å². The predicted molar refractivity (Wildman–Crippen MR) is 170 cm³/mol. The number of phenols is 1. The molecule has 3 aromatic carbocycles. The fourth-order valence-corrected chi connectivity index (χ4v) is 5.89. The number of aromatic hydroxyl groups is 1. The highest BCUT2D eigenvalue weighted by Crippen LogP contribution is 2.40. The van der Waals surface area contributed by atoms with Crippen molar-refractivity contribution in [3.63, 3.8) is 0 Å². The molecule has 3 amide bonds. The molecule has 1 aliphatic rings. The summed E-state index contributed by atoms with van der Waals surface area (Å²) >= 11 is 1.09. The molecule has 4 aromatic rings. The van der Waals surface area contributed by atoms with Crippen LogP contribution in [0.4, 0.5) is 5.69 Å². The number of phenolic OH excluding ortho intramolecular Hbond substituents is 1. The molecule has 226 valence electrons. The Morgan fingerprint density at radius 1 is 1.09 bits per heavy atom. The lowest BCUT2D eigenvalue weighted by Gasteiger charge is -2.25. The molecule has 1 saturated heterocycles. The average molecular weight is 614 g/mol. The van der Waals surface area contributed by atoms with E-state index in [4.69, 9.17) is 15.2 Å². The van der Waals surface area contributed by atoms with E-state index in [1.54, 1.807) is 43.5 Å². The van der Waals surface area contributed by atoms with Gasteiger partial charge in [-0.05, 0) is 66.2 Å². The monoisotopic (exact) mass is 613 g/mol. The van der Waals surface area contributed by atoms with Crippen molar-refractivity contribution < 1.29 is 29.0 Å². The number of primary amides is 1. The molecule has 1 fully saturated rings. The van der Waals surface area contributed by atoms with E-state index < -0.39 is 29.8 Å². The molecule has 0 bridgehead atoms. The number of hydrogen-bond donors (Lipinski definition) is 4. The van der Waals surface area contributed by atoms with Crippen molar-refractivity contribution in [1.29, 1.82) is 0 Å². The molecular formula is C32H31N5O6S. The first-order chi connectivity index (χ1) is 21.2. The molecule has 1 aromatic heterocycles. The van der Waals surface area contributed by atoms with Gasteiger partial charge in [-0.3, -0.25) is 19.3 Å². The third-order valence-electron chi connectivity index (χ3n) is 7.14. The van der Waals surface area contributed by atoms with Gasteiger partial charge in [0.05, 0.1) is 24.8 Å². The lowest BCUT2D eigenvalue weighted by molar-refractivity contribution is -0.134. The number of H-pyrrole nitrogens is 1. The van der Waals surface area contributed by atoms with Gasteiger partial charge in [0.2, 0.25) is 17.6 Å². The first-order valence-corrected chi connectivity index (χ1v) is 14.5. The van der Waals surface area contributed by atoms with Gasteiger partial charge in [0.1, 0.15) is 12.1 Å². The topological polar surface area (TPSA) is 159 Å². The highest BCUT2D eigenvalue weighted by molar-refractivity contribution is 8.18. The van der Waals surface area contributed by atoms with Crippen LogP contribution in [-0.4, -0.2) is 64.2 Å². The number of rotatable bonds is 10. The van der Waals surface area contributed by atoms with E-state index in [-0.39, 0.29) is 33.7 Å². The Balaban J connectivity index is 1.45. The highest BCUT2D eigenvalue weighted by atomic mass is 32.2. The summed E-state index contributed by atoms with van der Waals surface area (Å²) in [5.74, 6) is -1.57. The number of ether oxygens (including phenoxy) is 2. The lowest BCUT2D eigenvalue weighted by atomic mass is 10.0. The maximum Gasteiger partial charge on any atom is 0.267 e. The zero-order chi connectivity index (χ0) is 31.4. The van der Waals surface area contributed by atoms with Gasteiger partial charge in [0, 0.05) is 23.5 Å². The van der Waals surface area contributed by atoms with Crippen molar-refractivity contribution in [3.8, 4) is 17.2 Å². The lowest BCUT2D eigenvalue weighted by Crippen LogP contribution is -2.53. The summed E-state index contributed by atoms with van der Waals surface area (Å²) in [6.07, 6.45) is 3.55. The van der Waals surface area contributed by atoms with Crippen LogP contribution in [0, 0.1) is 0 Å². The maximum absolute atomic E-state index is 13.8. The quantitative estimate of drug-likeness (QED) is 0.196. The van der Waals surface area contributed by atoms with Gasteiger partial charge in [-0.1, -0.05) is 36.4 Å². The van der Waals surface area contributed by atoms with E-state index in [0.29, 0.717) is 11.3 Å². The summed E-state index contributed by atoms with van der Waals surface area (Å²) in [6, 6.07) is 17.7. The minimum atomic E-state index is -1.04. The van der Waals surface area contributed by atoms with Gasteiger partial charge in [-0.2, -0.15) is 0 Å². The van der Waals surface area contributed by atoms with Crippen LogP contribution in [0.3, 0.4) is 0 Å². The average Bonchev–Trinajstić information content (AvgIpc) is 3.57. The van der Waals surface area contributed by atoms with Crippen LogP contribution in [-0.2, 0) is 20.8 Å². The molecule has 12 heteroatoms. The van der Waals surface area contributed by atoms with Crippen LogP contribution in [0.15, 0.2) is 82.8 Å². The van der Waals surface area contributed by atoms with E-state index in [9.17, 15) is 19.5 Å². The summed E-state index contributed by atoms with van der Waals surface area (Å²) in [7, 11) is 2.82. The number of methoxy groups -OCH3 is 2. The zero-order valence-electron chi connectivity index (χ0n) is 24.2. The van der Waals surface area contributed by atoms with Gasteiger partial charge in [0.15, 0.2) is 16.7 Å². The third-order valence-corrected chi connectivity index (χ3v) is 8.13. The van der Waals surface area contributed by atoms with E-state index >= 15 is 0 Å². The van der Waals surface area contributed by atoms with Gasteiger partial charge in [-0.15, -0.1) is 0 Å². The standard InChI is InChI=1S/C32H31N5O6S/c1-18(30(40)36-24(29(33)39)16-20-17-34-23-12-8-7-11-22(20)23)37-31(41)27(44-32(37)35-21-9-5-4-6-10-21)15-19-13-25(42-2)28(38)26(14-19)43-3/h4-15,17-18,24,34,38H,16H2,1-3H3,(H2,33,39)(H,36,40)/t18?,24-/m0/s1. The number of amidine groups is 1. The number of carbonyl (C=O) groups is 3. The number of aromatic nitrogens is 1. The fraction of sp³-hybridized carbons (Fsp3) is 0.188. The molecular weight excluding hydrogens is 582 g/mol. The first kappa shape index (κ1) is 30.2. The number of para-hydroxylation sites is 2. The predicted octanol–water partition coefficient (Wildman–Crippen LogP) is 4.10. The number of aromatic amines is 1. The number of nitrogens with zero attached hydrogens (tertiary/aromatic N) is 2. The Morgan fingerprint density at radius 2 is 1.75 bits per heavy atom. The molecule has 0 aliphatic carbocycles. The summed E-state index contributed by atoms with van der Waals surface area (Å²) in [5, 5.41) is 14.2. The first-order valence-electron chi connectivity index (χ1n) is 13.7. The van der Waals surface area contributed by atoms with Crippen LogP contribution in [0.1, 0.15) is 18.1 Å². The number of fused-ring (bicyclic) bond motifs is 1. The summed E-state index contributed by atoms with van der Waals surface area (Å²) in [6.45, 7) is 1.56. The molecule has 0 radical (unpaired) electrons. The van der Waals surface area contributed by atoms with E-state index in [1.165, 1.54) is 19.1 Å². The van der Waals surface area contributed by atoms with Crippen LogP contribution in [0.2, 0.25) is 0 Å². The molecule has 5 N–H and O–H groups in total. The molecule has 1 unspecified atom stereocenters. The minimum Gasteiger partial charge on any atom is -0.502 e. The van der Waals surface area contributed by atoms with Crippen LogP contribution in [0.25, 0.3) is 17.0 Å². The molecule has 0 saturated carbocycles. The van der Waals surface area contributed by atoms with Gasteiger partial charge in [0.25, 0.3) is 5.91 Å². The Morgan fingerprint density at radius 3 is 2.41 bits per heavy atom. The second-order valence-electron chi connectivity index (χ2n) is 9.99.